The number of hydrogen-bond donors (Lipinski definition) is 1. The summed E-state index contributed by atoms with van der Waals surface area (Å²) in [5.74, 6) is 1.69. The first kappa shape index (κ1) is 20.9. The van der Waals surface area contributed by atoms with Crippen LogP contribution < -0.4 is 14.8 Å². The van der Waals surface area contributed by atoms with Crippen LogP contribution in [0.25, 0.3) is 0 Å². The molecule has 1 aromatic heterocycles. The number of nitrogens with one attached hydrogen (secondary N) is 1. The molecule has 2 heterocycles. The van der Waals surface area contributed by atoms with E-state index in [9.17, 15) is 4.79 Å². The maximum atomic E-state index is 13.0. The number of pyridine rings is 1. The topological polar surface area (TPSA) is 63.7 Å². The Kier molecular flexibility index (Phi) is 6.79. The van der Waals surface area contributed by atoms with Crippen LogP contribution in [0, 0.1) is 5.92 Å². The summed E-state index contributed by atoms with van der Waals surface area (Å²) in [6.07, 6.45) is 3.54. The van der Waals surface area contributed by atoms with Gasteiger partial charge in [0, 0.05) is 19.3 Å². The maximum Gasteiger partial charge on any atom is 0.243 e. The molecule has 6 nitrogen and oxygen atoms in total. The number of aromatic nitrogens is 1. The minimum absolute atomic E-state index is 0.00495. The van der Waals surface area contributed by atoms with E-state index in [2.05, 4.69) is 39.5 Å². The smallest absolute Gasteiger partial charge is 0.243 e. The predicted octanol–water partition coefficient (Wildman–Crippen LogP) is 4.73. The zero-order valence-electron chi connectivity index (χ0n) is 17.7. The second-order valence-electron chi connectivity index (χ2n) is 7.68. The second kappa shape index (κ2) is 10.1. The summed E-state index contributed by atoms with van der Waals surface area (Å²) in [5, 5.41) is 3.03. The molecule has 1 aliphatic rings. The van der Waals surface area contributed by atoms with Gasteiger partial charge in [0.15, 0.2) is 0 Å². The van der Waals surface area contributed by atoms with E-state index in [-0.39, 0.29) is 11.8 Å². The fourth-order valence-corrected chi connectivity index (χ4v) is 3.81. The molecule has 1 amide bonds. The number of likely N-dealkylation sites (tertiary alicyclic amines) is 1. The molecule has 0 bridgehead atoms. The first-order chi connectivity index (χ1) is 15.2. The monoisotopic (exact) mass is 417 g/mol. The van der Waals surface area contributed by atoms with Crippen LogP contribution in [-0.4, -0.2) is 36.0 Å². The molecule has 0 aliphatic carbocycles. The van der Waals surface area contributed by atoms with Gasteiger partial charge in [-0.25, -0.2) is 4.98 Å². The van der Waals surface area contributed by atoms with Crippen molar-refractivity contribution in [1.29, 1.82) is 0 Å². The van der Waals surface area contributed by atoms with E-state index in [1.165, 1.54) is 5.56 Å². The molecule has 1 unspecified atom stereocenters. The number of carbonyl (C=O) groups is 1. The van der Waals surface area contributed by atoms with Crippen molar-refractivity contribution in [2.75, 3.05) is 25.5 Å². The van der Waals surface area contributed by atoms with Crippen LogP contribution in [-0.2, 0) is 11.3 Å². The van der Waals surface area contributed by atoms with Gasteiger partial charge in [0.1, 0.15) is 17.2 Å². The minimum atomic E-state index is -0.0634. The Morgan fingerprint density at radius 1 is 1.06 bits per heavy atom. The number of anilines is 1. The Balaban J connectivity index is 1.39. The van der Waals surface area contributed by atoms with E-state index < -0.39 is 0 Å². The summed E-state index contributed by atoms with van der Waals surface area (Å²) in [7, 11) is 1.62. The summed E-state index contributed by atoms with van der Waals surface area (Å²) in [5.41, 5.74) is 1.84. The Morgan fingerprint density at radius 2 is 1.84 bits per heavy atom. The first-order valence-electron chi connectivity index (χ1n) is 10.6. The highest BCUT2D eigenvalue weighted by Crippen LogP contribution is 2.29. The summed E-state index contributed by atoms with van der Waals surface area (Å²) in [6, 6.07) is 21.2. The third-order valence-electron chi connectivity index (χ3n) is 5.43. The normalized spacial score (nSPS) is 16.5. The summed E-state index contributed by atoms with van der Waals surface area (Å²) >= 11 is 0. The van der Waals surface area contributed by atoms with Crippen molar-refractivity contribution in [2.24, 2.45) is 5.92 Å². The van der Waals surface area contributed by atoms with E-state index in [4.69, 9.17) is 9.47 Å². The van der Waals surface area contributed by atoms with Gasteiger partial charge in [0.25, 0.3) is 0 Å². The lowest BCUT2D eigenvalue weighted by molar-refractivity contribution is -0.121. The van der Waals surface area contributed by atoms with Gasteiger partial charge in [-0.3, -0.25) is 9.69 Å². The molecule has 1 fully saturated rings. The molecule has 0 radical (unpaired) electrons. The van der Waals surface area contributed by atoms with Crippen molar-refractivity contribution in [2.45, 2.75) is 19.4 Å². The quantitative estimate of drug-likeness (QED) is 0.602. The van der Waals surface area contributed by atoms with Crippen molar-refractivity contribution in [3.63, 3.8) is 0 Å². The molecular weight excluding hydrogens is 390 g/mol. The van der Waals surface area contributed by atoms with Crippen LogP contribution >= 0.6 is 0 Å². The van der Waals surface area contributed by atoms with E-state index in [1.54, 1.807) is 19.4 Å². The molecule has 160 valence electrons. The molecular formula is C25H27N3O3. The highest BCUT2D eigenvalue weighted by Gasteiger charge is 2.26. The van der Waals surface area contributed by atoms with Crippen LogP contribution in [0.2, 0.25) is 0 Å². The van der Waals surface area contributed by atoms with Gasteiger partial charge in [-0.2, -0.15) is 0 Å². The van der Waals surface area contributed by atoms with Crippen LogP contribution in [0.5, 0.6) is 17.4 Å². The van der Waals surface area contributed by atoms with Crippen molar-refractivity contribution in [3.8, 4) is 17.4 Å². The largest absolute Gasteiger partial charge is 0.497 e. The third kappa shape index (κ3) is 5.61. The Labute approximate surface area is 182 Å². The molecule has 3 aromatic rings. The molecule has 0 spiro atoms. The molecule has 4 rings (SSSR count). The number of nitrogens with zero attached hydrogens (tertiary/aromatic N) is 2. The molecule has 1 aliphatic heterocycles. The van der Waals surface area contributed by atoms with E-state index >= 15 is 0 Å². The molecule has 6 heteroatoms. The Morgan fingerprint density at radius 3 is 2.61 bits per heavy atom. The van der Waals surface area contributed by atoms with Crippen molar-refractivity contribution < 1.29 is 14.3 Å². The minimum Gasteiger partial charge on any atom is -0.497 e. The molecule has 1 atom stereocenters. The number of hydrogen-bond acceptors (Lipinski definition) is 5. The molecule has 1 N–H and O–H groups in total. The number of methoxy groups -OCH3 is 1. The highest BCUT2D eigenvalue weighted by molar-refractivity contribution is 5.93. The van der Waals surface area contributed by atoms with Gasteiger partial charge in [-0.15, -0.1) is 0 Å². The van der Waals surface area contributed by atoms with Crippen LogP contribution in [0.1, 0.15) is 18.4 Å². The first-order valence-corrected chi connectivity index (χ1v) is 10.6. The number of carbonyl (C=O) groups excluding carboxylic acids is 1. The number of benzene rings is 2. The van der Waals surface area contributed by atoms with Gasteiger partial charge in [0.2, 0.25) is 11.8 Å². The third-order valence-corrected chi connectivity index (χ3v) is 5.43. The molecule has 2 aromatic carbocycles. The molecule has 0 saturated carbocycles. The van der Waals surface area contributed by atoms with Gasteiger partial charge in [0.05, 0.1) is 13.0 Å². The van der Waals surface area contributed by atoms with Gasteiger partial charge < -0.3 is 14.8 Å². The van der Waals surface area contributed by atoms with Crippen molar-refractivity contribution in [3.05, 3.63) is 78.5 Å². The van der Waals surface area contributed by atoms with E-state index in [0.29, 0.717) is 17.3 Å². The predicted molar refractivity (Wildman–Crippen MR) is 120 cm³/mol. The van der Waals surface area contributed by atoms with Crippen molar-refractivity contribution >= 4 is 11.6 Å². The lowest BCUT2D eigenvalue weighted by Gasteiger charge is -2.32. The fraction of sp³-hybridized carbons (Fsp3) is 0.280. The van der Waals surface area contributed by atoms with Crippen LogP contribution in [0.3, 0.4) is 0 Å². The molecule has 31 heavy (non-hydrogen) atoms. The standard InChI is InChI=1S/C25H27N3O3/c1-30-21-11-13-22(14-12-21)31-25-23(10-5-15-26-25)27-24(29)20-9-6-16-28(18-20)17-19-7-3-2-4-8-19/h2-5,7-8,10-15,20H,6,9,16-18H2,1H3,(H,27,29). The maximum absolute atomic E-state index is 13.0. The summed E-state index contributed by atoms with van der Waals surface area (Å²) in [4.78, 5) is 19.7. The van der Waals surface area contributed by atoms with E-state index in [0.717, 1.165) is 38.2 Å². The lowest BCUT2D eigenvalue weighted by atomic mass is 9.96. The summed E-state index contributed by atoms with van der Waals surface area (Å²) < 4.78 is 11.1. The fourth-order valence-electron chi connectivity index (χ4n) is 3.81. The second-order valence-corrected chi connectivity index (χ2v) is 7.68. The highest BCUT2D eigenvalue weighted by atomic mass is 16.5. The van der Waals surface area contributed by atoms with Crippen LogP contribution in [0.15, 0.2) is 72.9 Å². The Hall–Kier alpha value is -3.38. The Bertz CT molecular complexity index is 992. The zero-order valence-corrected chi connectivity index (χ0v) is 17.7. The SMILES string of the molecule is COc1ccc(Oc2ncccc2NC(=O)C2CCCN(Cc3ccccc3)C2)cc1. The van der Waals surface area contributed by atoms with Crippen LogP contribution in [0.4, 0.5) is 5.69 Å². The van der Waals surface area contributed by atoms with Gasteiger partial charge in [-0.1, -0.05) is 30.3 Å². The number of piperidine rings is 1. The lowest BCUT2D eigenvalue weighted by Crippen LogP contribution is -2.40. The zero-order chi connectivity index (χ0) is 21.5. The van der Waals surface area contributed by atoms with Gasteiger partial charge >= 0.3 is 0 Å². The number of ether oxygens (including phenoxy) is 2. The van der Waals surface area contributed by atoms with Gasteiger partial charge in [-0.05, 0) is 61.3 Å². The summed E-state index contributed by atoms with van der Waals surface area (Å²) in [6.45, 7) is 2.62. The van der Waals surface area contributed by atoms with E-state index in [1.807, 2.05) is 36.4 Å². The molecule has 1 saturated heterocycles. The van der Waals surface area contributed by atoms with Crippen molar-refractivity contribution in [1.82, 2.24) is 9.88 Å². The number of rotatable bonds is 7. The average molecular weight is 418 g/mol. The number of amides is 1. The average Bonchev–Trinajstić information content (AvgIpc) is 2.82.